The van der Waals surface area contributed by atoms with Gasteiger partial charge in [-0.1, -0.05) is 27.7 Å². The van der Waals surface area contributed by atoms with Crippen molar-refractivity contribution in [3.05, 3.63) is 23.8 Å². The lowest BCUT2D eigenvalue weighted by molar-refractivity contribution is 0.174. The van der Waals surface area contributed by atoms with Gasteiger partial charge in [-0.15, -0.1) is 0 Å². The van der Waals surface area contributed by atoms with Gasteiger partial charge in [-0.05, 0) is 38.0 Å². The fourth-order valence-electron chi connectivity index (χ4n) is 1.99. The van der Waals surface area contributed by atoms with Crippen molar-refractivity contribution in [3.8, 4) is 11.5 Å². The number of fused-ring (bicyclic) bond motifs is 1. The minimum absolute atomic E-state index is 0.358. The third-order valence-corrected chi connectivity index (χ3v) is 6.56. The van der Waals surface area contributed by atoms with E-state index in [0.29, 0.717) is 16.8 Å². The molecule has 2 aliphatic rings. The summed E-state index contributed by atoms with van der Waals surface area (Å²) in [5.74, 6) is 1.77. The quantitative estimate of drug-likeness (QED) is 0.704. The molecule has 16 heavy (non-hydrogen) atoms. The predicted molar refractivity (Wildman–Crippen MR) is 69.2 cm³/mol. The van der Waals surface area contributed by atoms with E-state index < -0.39 is 0 Å². The second-order valence-electron chi connectivity index (χ2n) is 4.74. The highest BCUT2D eigenvalue weighted by Crippen LogP contribution is 2.58. The highest BCUT2D eigenvalue weighted by atomic mass is 33.1. The number of hydrogen-bond donors (Lipinski definition) is 0. The molecule has 2 heterocycles. The minimum atomic E-state index is 0.358. The van der Waals surface area contributed by atoms with Crippen molar-refractivity contribution in [2.24, 2.45) is 0 Å². The molecule has 1 saturated heterocycles. The van der Waals surface area contributed by atoms with Gasteiger partial charge in [0.15, 0.2) is 11.5 Å². The van der Waals surface area contributed by atoms with Crippen LogP contribution in [0.25, 0.3) is 0 Å². The summed E-state index contributed by atoms with van der Waals surface area (Å²) in [5.41, 5.74) is 1.35. The molecule has 0 aromatic heterocycles. The molecule has 1 aromatic carbocycles. The number of ether oxygens (including phenoxy) is 2. The number of hydrogen-bond acceptors (Lipinski definition) is 4. The Morgan fingerprint density at radius 1 is 1.25 bits per heavy atom. The van der Waals surface area contributed by atoms with Crippen molar-refractivity contribution < 1.29 is 9.47 Å². The van der Waals surface area contributed by atoms with Crippen LogP contribution in [0.2, 0.25) is 0 Å². The highest BCUT2D eigenvalue weighted by Gasteiger charge is 2.34. The summed E-state index contributed by atoms with van der Waals surface area (Å²) >= 11 is 0. The van der Waals surface area contributed by atoms with E-state index in [9.17, 15) is 0 Å². The Morgan fingerprint density at radius 2 is 2.06 bits per heavy atom. The van der Waals surface area contributed by atoms with Crippen LogP contribution < -0.4 is 9.47 Å². The third-order valence-electron chi connectivity index (χ3n) is 2.84. The van der Waals surface area contributed by atoms with E-state index in [1.54, 1.807) is 0 Å². The first-order valence-corrected chi connectivity index (χ1v) is 7.59. The second-order valence-corrected chi connectivity index (χ2v) is 7.86. The molecule has 0 amide bonds. The Morgan fingerprint density at radius 3 is 2.81 bits per heavy atom. The summed E-state index contributed by atoms with van der Waals surface area (Å²) in [6, 6.07) is 6.31. The zero-order chi connectivity index (χ0) is 11.2. The summed E-state index contributed by atoms with van der Waals surface area (Å²) in [6.45, 7) is 4.96. The van der Waals surface area contributed by atoms with Crippen molar-refractivity contribution in [1.29, 1.82) is 0 Å². The smallest absolute Gasteiger partial charge is 0.231 e. The first-order valence-electron chi connectivity index (χ1n) is 5.38. The van der Waals surface area contributed by atoms with Gasteiger partial charge in [-0.3, -0.25) is 0 Å². The lowest BCUT2D eigenvalue weighted by Gasteiger charge is -2.14. The minimum Gasteiger partial charge on any atom is -0.454 e. The van der Waals surface area contributed by atoms with Crippen LogP contribution in [-0.2, 0) is 0 Å². The first-order chi connectivity index (χ1) is 7.64. The molecule has 0 saturated carbocycles. The van der Waals surface area contributed by atoms with Crippen LogP contribution >= 0.6 is 21.6 Å². The molecule has 1 atom stereocenters. The normalized spacial score (nSPS) is 26.0. The highest BCUT2D eigenvalue weighted by molar-refractivity contribution is 8.77. The summed E-state index contributed by atoms with van der Waals surface area (Å²) in [6.07, 6.45) is 1.21. The second kappa shape index (κ2) is 3.77. The zero-order valence-corrected chi connectivity index (χ0v) is 11.0. The van der Waals surface area contributed by atoms with Crippen LogP contribution in [0.4, 0.5) is 0 Å². The molecular weight excluding hydrogens is 240 g/mol. The standard InChI is InChI=1S/C12H14O2S2/c1-12(2)6-11(15-16-12)8-3-4-9-10(5-8)14-7-13-9/h3-5,11H,6-7H2,1-2H3/t11-/m0/s1. The number of benzene rings is 1. The molecule has 0 bridgehead atoms. The Kier molecular flexibility index (Phi) is 2.51. The third kappa shape index (κ3) is 1.89. The van der Waals surface area contributed by atoms with Gasteiger partial charge in [0.05, 0.1) is 0 Å². The largest absolute Gasteiger partial charge is 0.454 e. The van der Waals surface area contributed by atoms with Gasteiger partial charge in [0.25, 0.3) is 0 Å². The molecule has 1 fully saturated rings. The van der Waals surface area contributed by atoms with Crippen LogP contribution in [0.1, 0.15) is 31.1 Å². The molecule has 2 aliphatic heterocycles. The van der Waals surface area contributed by atoms with Gasteiger partial charge in [0.2, 0.25) is 6.79 Å². The topological polar surface area (TPSA) is 18.5 Å². The fraction of sp³-hybridized carbons (Fsp3) is 0.500. The summed E-state index contributed by atoms with van der Waals surface area (Å²) in [5, 5.41) is 0.578. The van der Waals surface area contributed by atoms with Gasteiger partial charge in [0.1, 0.15) is 0 Å². The van der Waals surface area contributed by atoms with Crippen molar-refractivity contribution in [2.75, 3.05) is 6.79 Å². The van der Waals surface area contributed by atoms with Gasteiger partial charge in [-0.25, -0.2) is 0 Å². The zero-order valence-electron chi connectivity index (χ0n) is 9.36. The first kappa shape index (κ1) is 10.7. The van der Waals surface area contributed by atoms with E-state index >= 15 is 0 Å². The van der Waals surface area contributed by atoms with E-state index in [1.807, 2.05) is 27.7 Å². The molecule has 0 radical (unpaired) electrons. The van der Waals surface area contributed by atoms with Gasteiger partial charge in [-0.2, -0.15) is 0 Å². The Labute approximate surface area is 103 Å². The van der Waals surface area contributed by atoms with Crippen LogP contribution in [0.3, 0.4) is 0 Å². The molecule has 3 rings (SSSR count). The van der Waals surface area contributed by atoms with Gasteiger partial charge in [0, 0.05) is 10.00 Å². The Balaban J connectivity index is 1.85. The molecule has 0 aliphatic carbocycles. The average molecular weight is 254 g/mol. The maximum absolute atomic E-state index is 5.41. The molecule has 1 aromatic rings. The average Bonchev–Trinajstić information content (AvgIpc) is 2.82. The van der Waals surface area contributed by atoms with Crippen LogP contribution in [0, 0.1) is 0 Å². The summed E-state index contributed by atoms with van der Waals surface area (Å²) in [7, 11) is 3.95. The van der Waals surface area contributed by atoms with Crippen molar-refractivity contribution >= 4 is 21.6 Å². The monoisotopic (exact) mass is 254 g/mol. The molecule has 4 heteroatoms. The predicted octanol–water partition coefficient (Wildman–Crippen LogP) is 4.02. The molecule has 0 N–H and O–H groups in total. The van der Waals surface area contributed by atoms with Crippen LogP contribution in [0.15, 0.2) is 18.2 Å². The van der Waals surface area contributed by atoms with Crippen molar-refractivity contribution in [3.63, 3.8) is 0 Å². The van der Waals surface area contributed by atoms with Crippen LogP contribution in [0.5, 0.6) is 11.5 Å². The van der Waals surface area contributed by atoms with E-state index in [2.05, 4.69) is 26.0 Å². The lowest BCUT2D eigenvalue weighted by atomic mass is 10.0. The van der Waals surface area contributed by atoms with Crippen molar-refractivity contribution in [1.82, 2.24) is 0 Å². The van der Waals surface area contributed by atoms with Gasteiger partial charge < -0.3 is 9.47 Å². The summed E-state index contributed by atoms with van der Waals surface area (Å²) in [4.78, 5) is 0. The SMILES string of the molecule is CC1(C)C[C@@H](c2ccc3c(c2)OCO3)SS1. The maximum atomic E-state index is 5.41. The molecule has 0 unspecified atom stereocenters. The molecule has 2 nitrogen and oxygen atoms in total. The van der Waals surface area contributed by atoms with E-state index in [-0.39, 0.29) is 0 Å². The van der Waals surface area contributed by atoms with E-state index in [0.717, 1.165) is 11.5 Å². The maximum Gasteiger partial charge on any atom is 0.231 e. The molecule has 86 valence electrons. The van der Waals surface area contributed by atoms with Gasteiger partial charge >= 0.3 is 0 Å². The van der Waals surface area contributed by atoms with Crippen LogP contribution in [-0.4, -0.2) is 11.5 Å². The van der Waals surface area contributed by atoms with Crippen molar-refractivity contribution in [2.45, 2.75) is 30.3 Å². The summed E-state index contributed by atoms with van der Waals surface area (Å²) < 4.78 is 11.1. The molecular formula is C12H14O2S2. The van der Waals surface area contributed by atoms with E-state index in [4.69, 9.17) is 9.47 Å². The molecule has 0 spiro atoms. The lowest BCUT2D eigenvalue weighted by Crippen LogP contribution is -2.09. The fourth-order valence-corrected chi connectivity index (χ4v) is 5.32. The Hall–Kier alpha value is -0.480. The number of rotatable bonds is 1. The Bertz CT molecular complexity index is 417. The van der Waals surface area contributed by atoms with E-state index in [1.165, 1.54) is 12.0 Å².